The molecule has 5 aliphatic rings. The van der Waals surface area contributed by atoms with E-state index in [0.717, 1.165) is 42.9 Å². The van der Waals surface area contributed by atoms with Crippen molar-refractivity contribution in [1.82, 2.24) is 0 Å². The van der Waals surface area contributed by atoms with Gasteiger partial charge in [0.05, 0.1) is 12.2 Å². The van der Waals surface area contributed by atoms with Crippen LogP contribution in [0.25, 0.3) is 0 Å². The highest BCUT2D eigenvalue weighted by Gasteiger charge is 2.62. The zero-order chi connectivity index (χ0) is 16.5. The molecule has 4 saturated carbocycles. The first-order valence-electron chi connectivity index (χ1n) is 10.6. The van der Waals surface area contributed by atoms with Crippen molar-refractivity contribution in [3.05, 3.63) is 12.2 Å². The highest BCUT2D eigenvalue weighted by Crippen LogP contribution is 2.69. The summed E-state index contributed by atoms with van der Waals surface area (Å²) in [6, 6.07) is 0. The Morgan fingerprint density at radius 3 is 2.58 bits per heavy atom. The van der Waals surface area contributed by atoms with Crippen molar-refractivity contribution >= 4 is 0 Å². The first kappa shape index (κ1) is 15.9. The van der Waals surface area contributed by atoms with Gasteiger partial charge in [-0.3, -0.25) is 0 Å². The van der Waals surface area contributed by atoms with Crippen molar-refractivity contribution < 1.29 is 10.2 Å². The van der Waals surface area contributed by atoms with Crippen molar-refractivity contribution in [3.8, 4) is 0 Å². The Morgan fingerprint density at radius 1 is 0.875 bits per heavy atom. The van der Waals surface area contributed by atoms with Gasteiger partial charge in [-0.15, -0.1) is 0 Å². The fourth-order valence-corrected chi connectivity index (χ4v) is 8.47. The summed E-state index contributed by atoms with van der Waals surface area (Å²) in [5.74, 6) is 3.84. The van der Waals surface area contributed by atoms with E-state index in [1.165, 1.54) is 44.9 Å². The molecule has 2 nitrogen and oxygen atoms in total. The van der Waals surface area contributed by atoms with E-state index in [4.69, 9.17) is 0 Å². The summed E-state index contributed by atoms with van der Waals surface area (Å²) in [7, 11) is 0. The third-order valence-electron chi connectivity index (χ3n) is 9.56. The second-order valence-corrected chi connectivity index (χ2v) is 10.1. The fourth-order valence-electron chi connectivity index (χ4n) is 8.47. The van der Waals surface area contributed by atoms with E-state index in [1.807, 2.05) is 0 Å². The highest BCUT2D eigenvalue weighted by molar-refractivity contribution is 5.20. The van der Waals surface area contributed by atoms with Crippen LogP contribution in [0.2, 0.25) is 0 Å². The average Bonchev–Trinajstić information content (AvgIpc) is 2.96. The predicted molar refractivity (Wildman–Crippen MR) is 95.3 cm³/mol. The molecule has 0 aromatic heterocycles. The Hall–Kier alpha value is -0.340. The summed E-state index contributed by atoms with van der Waals surface area (Å²) in [6.45, 7) is 2.57. The minimum absolute atomic E-state index is 0.0400. The number of hydrogen-bond donors (Lipinski definition) is 2. The van der Waals surface area contributed by atoms with E-state index in [1.54, 1.807) is 0 Å². The highest BCUT2D eigenvalue weighted by atomic mass is 16.3. The van der Waals surface area contributed by atoms with Crippen LogP contribution in [0.5, 0.6) is 0 Å². The maximum atomic E-state index is 10.6. The zero-order valence-electron chi connectivity index (χ0n) is 15.2. The van der Waals surface area contributed by atoms with Gasteiger partial charge in [-0.05, 0) is 105 Å². The molecular weight excluding hydrogens is 296 g/mol. The monoisotopic (exact) mass is 330 g/mol. The summed E-state index contributed by atoms with van der Waals surface area (Å²) in [4.78, 5) is 0. The zero-order valence-corrected chi connectivity index (χ0v) is 15.2. The van der Waals surface area contributed by atoms with Crippen LogP contribution in [0, 0.1) is 40.4 Å². The SMILES string of the molecule is C[C@]12CC[C@@H](O)C[C@H]1CC[C@H]1[C@@H]3CC[C@@H]4[C@H](O)CC=CC43CC[C@@H]12. The molecule has 0 amide bonds. The molecule has 2 heteroatoms. The van der Waals surface area contributed by atoms with Crippen LogP contribution in [-0.4, -0.2) is 22.4 Å². The molecule has 0 heterocycles. The molecule has 0 aromatic rings. The van der Waals surface area contributed by atoms with Gasteiger partial charge < -0.3 is 10.2 Å². The number of allylic oxidation sites excluding steroid dienone is 1. The van der Waals surface area contributed by atoms with Gasteiger partial charge in [-0.2, -0.15) is 0 Å². The molecule has 1 unspecified atom stereocenters. The molecule has 0 radical (unpaired) electrons. The van der Waals surface area contributed by atoms with E-state index in [2.05, 4.69) is 19.1 Å². The molecule has 5 rings (SSSR count). The van der Waals surface area contributed by atoms with Crippen LogP contribution in [-0.2, 0) is 0 Å². The lowest BCUT2D eigenvalue weighted by atomic mass is 9.44. The molecule has 9 atom stereocenters. The van der Waals surface area contributed by atoms with Crippen LogP contribution in [0.3, 0.4) is 0 Å². The Kier molecular flexibility index (Phi) is 3.53. The third-order valence-corrected chi connectivity index (χ3v) is 9.56. The smallest absolute Gasteiger partial charge is 0.0611 e. The van der Waals surface area contributed by atoms with Crippen molar-refractivity contribution in [2.45, 2.75) is 83.3 Å². The lowest BCUT2D eigenvalue weighted by Crippen LogP contribution is -2.55. The van der Waals surface area contributed by atoms with Crippen molar-refractivity contribution in [2.24, 2.45) is 40.4 Å². The fraction of sp³-hybridized carbons (Fsp3) is 0.909. The van der Waals surface area contributed by atoms with E-state index in [0.29, 0.717) is 16.7 Å². The minimum atomic E-state index is -0.0895. The van der Waals surface area contributed by atoms with Crippen molar-refractivity contribution in [3.63, 3.8) is 0 Å². The first-order chi connectivity index (χ1) is 11.5. The maximum Gasteiger partial charge on any atom is 0.0611 e. The topological polar surface area (TPSA) is 40.5 Å². The lowest BCUT2D eigenvalue weighted by Gasteiger charge is -2.61. The Labute approximate surface area is 146 Å². The van der Waals surface area contributed by atoms with Crippen LogP contribution in [0.1, 0.15) is 71.1 Å². The van der Waals surface area contributed by atoms with Gasteiger partial charge in [0.15, 0.2) is 0 Å². The Bertz CT molecular complexity index is 542. The number of fused-ring (bicyclic) bond motifs is 4. The standard InChI is InChI=1S/C22H34O2/c1-21-11-8-15(23)13-14(21)4-5-16-17(21)9-12-22-10-2-3-20(24)19(22)7-6-18(16)22/h2,10,14-20,23-24H,3-9,11-13H2,1H3/t14-,15-,16-,17+,18+,19-,20-,21+,22?/m1/s1. The molecule has 134 valence electrons. The molecule has 1 spiro atoms. The number of hydrogen-bond acceptors (Lipinski definition) is 2. The summed E-state index contributed by atoms with van der Waals surface area (Å²) >= 11 is 0. The second kappa shape index (κ2) is 5.33. The predicted octanol–water partition coefficient (Wildman–Crippen LogP) is 4.31. The van der Waals surface area contributed by atoms with Crippen molar-refractivity contribution in [1.29, 1.82) is 0 Å². The summed E-state index contributed by atoms with van der Waals surface area (Å²) in [6.07, 6.45) is 16.9. The van der Waals surface area contributed by atoms with Gasteiger partial charge in [0.25, 0.3) is 0 Å². The number of rotatable bonds is 0. The summed E-state index contributed by atoms with van der Waals surface area (Å²) in [5.41, 5.74) is 0.801. The average molecular weight is 331 g/mol. The van der Waals surface area contributed by atoms with E-state index < -0.39 is 0 Å². The van der Waals surface area contributed by atoms with Gasteiger partial charge in [-0.25, -0.2) is 0 Å². The number of aliphatic hydroxyl groups excluding tert-OH is 2. The van der Waals surface area contributed by atoms with Crippen LogP contribution >= 0.6 is 0 Å². The first-order valence-corrected chi connectivity index (χ1v) is 10.6. The van der Waals surface area contributed by atoms with Gasteiger partial charge >= 0.3 is 0 Å². The van der Waals surface area contributed by atoms with E-state index >= 15 is 0 Å². The number of aliphatic hydroxyl groups is 2. The minimum Gasteiger partial charge on any atom is -0.393 e. The molecule has 0 saturated heterocycles. The van der Waals surface area contributed by atoms with Crippen molar-refractivity contribution in [2.75, 3.05) is 0 Å². The van der Waals surface area contributed by atoms with Gasteiger partial charge in [0.1, 0.15) is 0 Å². The van der Waals surface area contributed by atoms with E-state index in [9.17, 15) is 10.2 Å². The third kappa shape index (κ3) is 1.96. The van der Waals surface area contributed by atoms with Crippen LogP contribution in [0.15, 0.2) is 12.2 Å². The Morgan fingerprint density at radius 2 is 1.71 bits per heavy atom. The van der Waals surface area contributed by atoms with Gasteiger partial charge in [0, 0.05) is 0 Å². The Balaban J connectivity index is 1.47. The second-order valence-electron chi connectivity index (χ2n) is 10.1. The molecule has 0 aliphatic heterocycles. The molecule has 0 aromatic carbocycles. The molecule has 0 bridgehead atoms. The molecule has 4 fully saturated rings. The summed E-state index contributed by atoms with van der Waals surface area (Å²) < 4.78 is 0. The lowest BCUT2D eigenvalue weighted by molar-refractivity contribution is -0.127. The largest absolute Gasteiger partial charge is 0.393 e. The molecule has 5 aliphatic carbocycles. The quantitative estimate of drug-likeness (QED) is 0.650. The summed E-state index contributed by atoms with van der Waals surface area (Å²) in [5, 5.41) is 20.8. The molecular formula is C22H34O2. The molecule has 2 N–H and O–H groups in total. The normalized spacial score (nSPS) is 59.2. The molecule has 24 heavy (non-hydrogen) atoms. The maximum absolute atomic E-state index is 10.6. The van der Waals surface area contributed by atoms with Crippen LogP contribution in [0.4, 0.5) is 0 Å². The van der Waals surface area contributed by atoms with Crippen LogP contribution < -0.4 is 0 Å². The van der Waals surface area contributed by atoms with E-state index in [-0.39, 0.29) is 12.2 Å². The van der Waals surface area contributed by atoms with Gasteiger partial charge in [-0.1, -0.05) is 19.1 Å². The van der Waals surface area contributed by atoms with Gasteiger partial charge in [0.2, 0.25) is 0 Å².